The van der Waals surface area contributed by atoms with Crippen LogP contribution in [0.15, 0.2) is 46.4 Å². The molecule has 0 saturated carbocycles. The first-order valence-corrected chi connectivity index (χ1v) is 8.85. The van der Waals surface area contributed by atoms with Gasteiger partial charge < -0.3 is 19.9 Å². The van der Waals surface area contributed by atoms with E-state index in [4.69, 9.17) is 14.6 Å². The number of anilines is 1. The lowest BCUT2D eigenvalue weighted by molar-refractivity contribution is -0.139. The zero-order chi connectivity index (χ0) is 20.7. The number of amides is 1. The van der Waals surface area contributed by atoms with Crippen molar-refractivity contribution in [2.75, 3.05) is 19.0 Å². The maximum Gasteiger partial charge on any atom is 0.341 e. The van der Waals surface area contributed by atoms with Gasteiger partial charge in [-0.15, -0.1) is 0 Å². The van der Waals surface area contributed by atoms with Gasteiger partial charge in [-0.1, -0.05) is 12.1 Å². The zero-order valence-electron chi connectivity index (χ0n) is 15.2. The van der Waals surface area contributed by atoms with Crippen molar-refractivity contribution in [3.05, 3.63) is 57.6 Å². The summed E-state index contributed by atoms with van der Waals surface area (Å²) in [5.74, 6) is -0.842. The Labute approximate surface area is 170 Å². The molecule has 2 rings (SSSR count). The number of hydrogen-bond acceptors (Lipinski definition) is 5. The van der Waals surface area contributed by atoms with Gasteiger partial charge in [-0.2, -0.15) is 5.26 Å². The van der Waals surface area contributed by atoms with Crippen molar-refractivity contribution in [1.82, 2.24) is 0 Å². The Morgan fingerprint density at radius 3 is 2.57 bits per heavy atom. The van der Waals surface area contributed by atoms with Crippen molar-refractivity contribution in [2.24, 2.45) is 0 Å². The molecule has 0 heterocycles. The molecule has 0 fully saturated rings. The van der Waals surface area contributed by atoms with Crippen LogP contribution in [-0.2, 0) is 9.59 Å². The fourth-order valence-electron chi connectivity index (χ4n) is 2.29. The third kappa shape index (κ3) is 5.59. The number of carbonyl (C=O) groups excluding carboxylic acids is 1. The van der Waals surface area contributed by atoms with Crippen molar-refractivity contribution in [3.8, 4) is 17.6 Å². The first kappa shape index (κ1) is 21.0. The fraction of sp³-hybridized carbons (Fsp3) is 0.150. The van der Waals surface area contributed by atoms with Gasteiger partial charge in [0.1, 0.15) is 23.1 Å². The second-order valence-electron chi connectivity index (χ2n) is 5.70. The molecule has 0 atom stereocenters. The number of nitrogens with zero attached hydrogens (tertiary/aromatic N) is 1. The zero-order valence-corrected chi connectivity index (χ0v) is 16.7. The number of aliphatic carboxylic acids is 1. The Morgan fingerprint density at radius 2 is 1.96 bits per heavy atom. The summed E-state index contributed by atoms with van der Waals surface area (Å²) in [4.78, 5) is 23.1. The predicted molar refractivity (Wildman–Crippen MR) is 107 cm³/mol. The van der Waals surface area contributed by atoms with Gasteiger partial charge in [0.15, 0.2) is 6.61 Å². The summed E-state index contributed by atoms with van der Waals surface area (Å²) in [7, 11) is 1.49. The van der Waals surface area contributed by atoms with E-state index in [-0.39, 0.29) is 5.57 Å². The molecule has 0 radical (unpaired) electrons. The maximum atomic E-state index is 12.5. The Kier molecular flexibility index (Phi) is 7.18. The summed E-state index contributed by atoms with van der Waals surface area (Å²) in [6, 6.07) is 12.0. The molecule has 7 nitrogen and oxygen atoms in total. The van der Waals surface area contributed by atoms with Crippen LogP contribution in [0.3, 0.4) is 0 Å². The van der Waals surface area contributed by atoms with E-state index in [1.807, 2.05) is 19.1 Å². The van der Waals surface area contributed by atoms with E-state index < -0.39 is 18.5 Å². The molecule has 8 heteroatoms. The van der Waals surface area contributed by atoms with Crippen molar-refractivity contribution >= 4 is 39.6 Å². The van der Waals surface area contributed by atoms with Gasteiger partial charge in [0.25, 0.3) is 5.91 Å². The first-order chi connectivity index (χ1) is 13.3. The van der Waals surface area contributed by atoms with Gasteiger partial charge in [0, 0.05) is 0 Å². The Balaban J connectivity index is 2.22. The summed E-state index contributed by atoms with van der Waals surface area (Å²) in [5, 5.41) is 20.7. The van der Waals surface area contributed by atoms with Crippen LogP contribution in [0.4, 0.5) is 5.69 Å². The number of benzene rings is 2. The molecular formula is C20H17BrN2O5. The topological polar surface area (TPSA) is 109 Å². The van der Waals surface area contributed by atoms with Crippen LogP contribution in [0.5, 0.6) is 11.5 Å². The van der Waals surface area contributed by atoms with E-state index in [0.717, 1.165) is 5.56 Å². The molecular weight excluding hydrogens is 428 g/mol. The van der Waals surface area contributed by atoms with E-state index in [9.17, 15) is 14.9 Å². The fourth-order valence-corrected chi connectivity index (χ4v) is 2.80. The minimum atomic E-state index is -1.09. The van der Waals surface area contributed by atoms with Crippen molar-refractivity contribution in [3.63, 3.8) is 0 Å². The SMILES string of the molecule is COc1ccc(C)cc1NC(=O)/C(C#N)=C/c1ccc(OCC(=O)O)c(Br)c1. The highest BCUT2D eigenvalue weighted by atomic mass is 79.9. The van der Waals surface area contributed by atoms with Gasteiger partial charge in [0.2, 0.25) is 0 Å². The number of methoxy groups -OCH3 is 1. The van der Waals surface area contributed by atoms with Crippen LogP contribution in [0.25, 0.3) is 6.08 Å². The highest BCUT2D eigenvalue weighted by molar-refractivity contribution is 9.10. The molecule has 0 spiro atoms. The maximum absolute atomic E-state index is 12.5. The second kappa shape index (κ2) is 9.58. The van der Waals surface area contributed by atoms with Crippen LogP contribution in [-0.4, -0.2) is 30.7 Å². The molecule has 0 saturated heterocycles. The lowest BCUT2D eigenvalue weighted by Gasteiger charge is -2.11. The number of nitriles is 1. The number of rotatable bonds is 7. The average Bonchev–Trinajstić information content (AvgIpc) is 2.65. The summed E-state index contributed by atoms with van der Waals surface area (Å²) in [6.07, 6.45) is 1.42. The number of hydrogen-bond donors (Lipinski definition) is 2. The molecule has 0 aliphatic heterocycles. The Morgan fingerprint density at radius 1 is 1.25 bits per heavy atom. The van der Waals surface area contributed by atoms with E-state index in [1.165, 1.54) is 13.2 Å². The first-order valence-electron chi connectivity index (χ1n) is 8.06. The highest BCUT2D eigenvalue weighted by Crippen LogP contribution is 2.28. The van der Waals surface area contributed by atoms with Gasteiger partial charge in [-0.05, 0) is 64.3 Å². The molecule has 0 bridgehead atoms. The van der Waals surface area contributed by atoms with Crippen molar-refractivity contribution < 1.29 is 24.2 Å². The molecule has 0 aromatic heterocycles. The van der Waals surface area contributed by atoms with Crippen LogP contribution >= 0.6 is 15.9 Å². The Hall–Kier alpha value is -3.31. The number of ether oxygens (including phenoxy) is 2. The monoisotopic (exact) mass is 444 g/mol. The van der Waals surface area contributed by atoms with E-state index in [1.54, 1.807) is 30.3 Å². The van der Waals surface area contributed by atoms with Crippen LogP contribution in [0, 0.1) is 18.3 Å². The third-order valence-electron chi connectivity index (χ3n) is 3.59. The summed E-state index contributed by atoms with van der Waals surface area (Å²) in [5.41, 5.74) is 1.86. The van der Waals surface area contributed by atoms with Gasteiger partial charge >= 0.3 is 5.97 Å². The van der Waals surface area contributed by atoms with E-state index in [2.05, 4.69) is 21.2 Å². The number of aryl methyl sites for hydroxylation is 1. The minimum absolute atomic E-state index is 0.102. The number of carboxylic acid groups (broad SMARTS) is 1. The molecule has 0 aliphatic rings. The van der Waals surface area contributed by atoms with Crippen LogP contribution in [0.2, 0.25) is 0 Å². The number of carboxylic acids is 1. The third-order valence-corrected chi connectivity index (χ3v) is 4.21. The quantitative estimate of drug-likeness (QED) is 0.496. The Bertz CT molecular complexity index is 979. The molecule has 144 valence electrons. The van der Waals surface area contributed by atoms with E-state index >= 15 is 0 Å². The normalized spacial score (nSPS) is 10.7. The standard InChI is InChI=1S/C20H17BrN2O5/c1-12-3-5-18(27-2)16(7-12)23-20(26)14(10-22)8-13-4-6-17(15(21)9-13)28-11-19(24)25/h3-9H,11H2,1-2H3,(H,23,26)(H,24,25)/b14-8+. The number of halogens is 1. The molecule has 2 N–H and O–H groups in total. The number of carbonyl (C=O) groups is 2. The average molecular weight is 445 g/mol. The smallest absolute Gasteiger partial charge is 0.341 e. The molecule has 2 aromatic carbocycles. The predicted octanol–water partition coefficient (Wildman–Crippen LogP) is 3.78. The van der Waals surface area contributed by atoms with Crippen molar-refractivity contribution in [1.29, 1.82) is 5.26 Å². The van der Waals surface area contributed by atoms with Crippen LogP contribution in [0.1, 0.15) is 11.1 Å². The molecule has 0 aliphatic carbocycles. The van der Waals surface area contributed by atoms with Crippen molar-refractivity contribution in [2.45, 2.75) is 6.92 Å². The highest BCUT2D eigenvalue weighted by Gasteiger charge is 2.13. The van der Waals surface area contributed by atoms with Gasteiger partial charge in [-0.3, -0.25) is 4.79 Å². The lowest BCUT2D eigenvalue weighted by atomic mass is 10.1. The number of nitrogens with one attached hydrogen (secondary N) is 1. The molecule has 28 heavy (non-hydrogen) atoms. The molecule has 2 aromatic rings. The summed E-state index contributed by atoms with van der Waals surface area (Å²) >= 11 is 3.28. The largest absolute Gasteiger partial charge is 0.495 e. The summed E-state index contributed by atoms with van der Waals surface area (Å²) < 4.78 is 10.8. The molecule has 0 unspecified atom stereocenters. The second-order valence-corrected chi connectivity index (χ2v) is 6.55. The van der Waals surface area contributed by atoms with Gasteiger partial charge in [-0.25, -0.2) is 4.79 Å². The summed E-state index contributed by atoms with van der Waals surface area (Å²) in [6.45, 7) is 1.40. The lowest BCUT2D eigenvalue weighted by Crippen LogP contribution is -2.14. The van der Waals surface area contributed by atoms with E-state index in [0.29, 0.717) is 27.2 Å². The molecule has 1 amide bonds. The van der Waals surface area contributed by atoms with Gasteiger partial charge in [0.05, 0.1) is 17.3 Å². The van der Waals surface area contributed by atoms with Crippen LogP contribution < -0.4 is 14.8 Å². The minimum Gasteiger partial charge on any atom is -0.495 e.